The summed E-state index contributed by atoms with van der Waals surface area (Å²) in [6.45, 7) is 8.83. The molecule has 166 valence electrons. The van der Waals surface area contributed by atoms with E-state index in [1.54, 1.807) is 24.5 Å². The van der Waals surface area contributed by atoms with Crippen LogP contribution < -0.4 is 10.6 Å². The molecule has 1 aliphatic rings. The zero-order valence-electron chi connectivity index (χ0n) is 19.0. The average Bonchev–Trinajstić information content (AvgIpc) is 3.12. The smallest absolute Gasteiger partial charge is 0.258 e. The molecule has 2 N–H and O–H groups in total. The van der Waals surface area contributed by atoms with Gasteiger partial charge in [-0.05, 0) is 67.3 Å². The zero-order valence-corrected chi connectivity index (χ0v) is 19.8. The highest BCUT2D eigenvalue weighted by atomic mass is 32.1. The summed E-state index contributed by atoms with van der Waals surface area (Å²) < 4.78 is 0. The van der Waals surface area contributed by atoms with Gasteiger partial charge in [0.15, 0.2) is 0 Å². The van der Waals surface area contributed by atoms with E-state index < -0.39 is 0 Å². The SMILES string of the molecule is Cc1ccc(NC(=O)c2c(NC(=O)c3ccncc3)sc3c2CCC(C(C)(C)C)C3)cc1. The molecule has 0 aliphatic heterocycles. The van der Waals surface area contributed by atoms with Gasteiger partial charge < -0.3 is 10.6 Å². The van der Waals surface area contributed by atoms with Crippen molar-refractivity contribution >= 4 is 33.8 Å². The number of hydrogen-bond acceptors (Lipinski definition) is 4. The van der Waals surface area contributed by atoms with Crippen LogP contribution in [0, 0.1) is 18.3 Å². The summed E-state index contributed by atoms with van der Waals surface area (Å²) in [5.41, 5.74) is 4.27. The van der Waals surface area contributed by atoms with Crippen molar-refractivity contribution in [2.75, 3.05) is 10.6 Å². The summed E-state index contributed by atoms with van der Waals surface area (Å²) in [4.78, 5) is 31.4. The van der Waals surface area contributed by atoms with Gasteiger partial charge in [0.25, 0.3) is 11.8 Å². The topological polar surface area (TPSA) is 71.1 Å². The Hall–Kier alpha value is -2.99. The maximum atomic E-state index is 13.4. The second-order valence-corrected chi connectivity index (χ2v) is 10.6. The summed E-state index contributed by atoms with van der Waals surface area (Å²) in [7, 11) is 0. The Labute approximate surface area is 193 Å². The highest BCUT2D eigenvalue weighted by Gasteiger charge is 2.34. The minimum atomic E-state index is -0.234. The number of anilines is 2. The van der Waals surface area contributed by atoms with Crippen LogP contribution in [0.3, 0.4) is 0 Å². The molecular weight excluding hydrogens is 418 g/mol. The maximum absolute atomic E-state index is 13.4. The Morgan fingerprint density at radius 3 is 2.34 bits per heavy atom. The molecule has 32 heavy (non-hydrogen) atoms. The molecule has 6 heteroatoms. The van der Waals surface area contributed by atoms with E-state index >= 15 is 0 Å². The molecule has 0 spiro atoms. The lowest BCUT2D eigenvalue weighted by molar-refractivity contribution is 0.102. The van der Waals surface area contributed by atoms with Crippen LogP contribution in [0.1, 0.15) is 63.9 Å². The number of amides is 2. The van der Waals surface area contributed by atoms with Crippen molar-refractivity contribution in [1.82, 2.24) is 4.98 Å². The molecule has 0 bridgehead atoms. The van der Waals surface area contributed by atoms with Gasteiger partial charge >= 0.3 is 0 Å². The van der Waals surface area contributed by atoms with Gasteiger partial charge in [-0.3, -0.25) is 14.6 Å². The Morgan fingerprint density at radius 1 is 1.00 bits per heavy atom. The third-order valence-corrected chi connectivity index (χ3v) is 7.37. The number of thiophene rings is 1. The largest absolute Gasteiger partial charge is 0.322 e. The van der Waals surface area contributed by atoms with Gasteiger partial charge in [0.05, 0.1) is 5.56 Å². The van der Waals surface area contributed by atoms with E-state index in [9.17, 15) is 9.59 Å². The number of rotatable bonds is 4. The Kier molecular flexibility index (Phi) is 6.15. The lowest BCUT2D eigenvalue weighted by atomic mass is 9.72. The fourth-order valence-corrected chi connectivity index (χ4v) is 5.48. The minimum absolute atomic E-state index is 0.175. The Balaban J connectivity index is 1.68. The molecule has 0 fully saturated rings. The van der Waals surface area contributed by atoms with E-state index in [0.717, 1.165) is 36.1 Å². The number of benzene rings is 1. The number of hydrogen-bond donors (Lipinski definition) is 2. The molecule has 1 atom stereocenters. The number of aryl methyl sites for hydroxylation is 1. The van der Waals surface area contributed by atoms with Crippen LogP contribution in [-0.2, 0) is 12.8 Å². The van der Waals surface area contributed by atoms with Crippen molar-refractivity contribution in [3.63, 3.8) is 0 Å². The standard InChI is InChI=1S/C26H29N3O2S/c1-16-5-8-19(9-6-16)28-24(31)22-20-10-7-18(26(2,3)4)15-21(20)32-25(22)29-23(30)17-11-13-27-14-12-17/h5-6,8-9,11-14,18H,7,10,15H2,1-4H3,(H,28,31)(H,29,30). The third-order valence-electron chi connectivity index (χ3n) is 6.20. The van der Waals surface area contributed by atoms with Crippen LogP contribution in [0.5, 0.6) is 0 Å². The number of nitrogens with one attached hydrogen (secondary N) is 2. The van der Waals surface area contributed by atoms with Gasteiger partial charge in [0, 0.05) is 28.5 Å². The first kappa shape index (κ1) is 22.2. The quantitative estimate of drug-likeness (QED) is 0.507. The second-order valence-electron chi connectivity index (χ2n) is 9.52. The predicted molar refractivity (Wildman–Crippen MR) is 131 cm³/mol. The number of carbonyl (C=O) groups is 2. The second kappa shape index (κ2) is 8.87. The first-order valence-corrected chi connectivity index (χ1v) is 11.8. The highest BCUT2D eigenvalue weighted by Crippen LogP contribution is 2.44. The van der Waals surface area contributed by atoms with Crippen LogP contribution in [0.4, 0.5) is 10.7 Å². The Morgan fingerprint density at radius 2 is 1.69 bits per heavy atom. The molecule has 0 saturated carbocycles. The molecule has 0 radical (unpaired) electrons. The van der Waals surface area contributed by atoms with Crippen molar-refractivity contribution in [3.05, 3.63) is 75.9 Å². The number of fused-ring (bicyclic) bond motifs is 1. The monoisotopic (exact) mass is 447 g/mol. The van der Waals surface area contributed by atoms with Gasteiger partial charge in [-0.25, -0.2) is 0 Å². The fourth-order valence-electron chi connectivity index (χ4n) is 4.16. The Bertz CT molecular complexity index is 1130. The molecule has 5 nitrogen and oxygen atoms in total. The highest BCUT2D eigenvalue weighted by molar-refractivity contribution is 7.17. The van der Waals surface area contributed by atoms with Crippen LogP contribution in [0.25, 0.3) is 0 Å². The van der Waals surface area contributed by atoms with Crippen LogP contribution in [0.15, 0.2) is 48.8 Å². The maximum Gasteiger partial charge on any atom is 0.258 e. The van der Waals surface area contributed by atoms with Gasteiger partial charge in [-0.1, -0.05) is 38.5 Å². The number of nitrogens with zero attached hydrogens (tertiary/aromatic N) is 1. The lowest BCUT2D eigenvalue weighted by Crippen LogP contribution is -2.27. The predicted octanol–water partition coefficient (Wildman–Crippen LogP) is 6.11. The van der Waals surface area contributed by atoms with E-state index in [-0.39, 0.29) is 17.2 Å². The van der Waals surface area contributed by atoms with Gasteiger partial charge in [0.1, 0.15) is 5.00 Å². The fraction of sp³-hybridized carbons (Fsp3) is 0.346. The normalized spacial score (nSPS) is 15.7. The van der Waals surface area contributed by atoms with Gasteiger partial charge in [-0.15, -0.1) is 11.3 Å². The first-order valence-electron chi connectivity index (χ1n) is 11.0. The summed E-state index contributed by atoms with van der Waals surface area (Å²) in [6.07, 6.45) is 5.99. The van der Waals surface area contributed by atoms with Crippen molar-refractivity contribution in [1.29, 1.82) is 0 Å². The molecular formula is C26H29N3O2S. The van der Waals surface area contributed by atoms with Gasteiger partial charge in [-0.2, -0.15) is 0 Å². The molecule has 2 aromatic heterocycles. The summed E-state index contributed by atoms with van der Waals surface area (Å²) in [5, 5.41) is 6.65. The molecule has 1 unspecified atom stereocenters. The van der Waals surface area contributed by atoms with Crippen LogP contribution in [0.2, 0.25) is 0 Å². The van der Waals surface area contributed by atoms with Crippen molar-refractivity contribution in [2.45, 2.75) is 47.0 Å². The van der Waals surface area contributed by atoms with Crippen molar-refractivity contribution in [3.8, 4) is 0 Å². The molecule has 3 aromatic rings. The molecule has 2 heterocycles. The molecule has 1 aromatic carbocycles. The van der Waals surface area contributed by atoms with Gasteiger partial charge in [0.2, 0.25) is 0 Å². The van der Waals surface area contributed by atoms with Crippen molar-refractivity contribution in [2.24, 2.45) is 11.3 Å². The number of carbonyl (C=O) groups excluding carboxylic acids is 2. The summed E-state index contributed by atoms with van der Waals surface area (Å²) in [6, 6.07) is 11.1. The van der Waals surface area contributed by atoms with Crippen LogP contribution >= 0.6 is 11.3 Å². The number of aromatic nitrogens is 1. The van der Waals surface area contributed by atoms with E-state index in [1.807, 2.05) is 31.2 Å². The minimum Gasteiger partial charge on any atom is -0.322 e. The lowest BCUT2D eigenvalue weighted by Gasteiger charge is -2.33. The van der Waals surface area contributed by atoms with E-state index in [0.29, 0.717) is 22.0 Å². The van der Waals surface area contributed by atoms with E-state index in [2.05, 4.69) is 36.4 Å². The van der Waals surface area contributed by atoms with Crippen LogP contribution in [-0.4, -0.2) is 16.8 Å². The zero-order chi connectivity index (χ0) is 22.9. The van der Waals surface area contributed by atoms with E-state index in [4.69, 9.17) is 0 Å². The third kappa shape index (κ3) is 4.75. The number of pyridine rings is 1. The molecule has 2 amide bonds. The first-order chi connectivity index (χ1) is 15.2. The van der Waals surface area contributed by atoms with E-state index in [1.165, 1.54) is 16.2 Å². The molecule has 1 aliphatic carbocycles. The average molecular weight is 448 g/mol. The molecule has 4 rings (SSSR count). The summed E-state index contributed by atoms with van der Waals surface area (Å²) in [5.74, 6) is 0.138. The van der Waals surface area contributed by atoms with Crippen molar-refractivity contribution < 1.29 is 9.59 Å². The molecule has 0 saturated heterocycles. The summed E-state index contributed by atoms with van der Waals surface area (Å²) >= 11 is 1.54.